The Morgan fingerprint density at radius 1 is 1.16 bits per heavy atom. The maximum Gasteiger partial charge on any atom is 0.245 e. The van der Waals surface area contributed by atoms with Gasteiger partial charge >= 0.3 is 0 Å². The van der Waals surface area contributed by atoms with Gasteiger partial charge in [0, 0.05) is 19.1 Å². The van der Waals surface area contributed by atoms with Crippen LogP contribution in [0.15, 0.2) is 0 Å². The van der Waals surface area contributed by atoms with Crippen LogP contribution in [0, 0.1) is 5.92 Å². The van der Waals surface area contributed by atoms with E-state index in [1.807, 2.05) is 11.8 Å². The van der Waals surface area contributed by atoms with E-state index in [-0.39, 0.29) is 35.9 Å². The molecule has 1 saturated carbocycles. The molecule has 144 valence electrons. The summed E-state index contributed by atoms with van der Waals surface area (Å²) in [4.78, 5) is 27.7. The van der Waals surface area contributed by atoms with Crippen LogP contribution in [0.3, 0.4) is 0 Å². The van der Waals surface area contributed by atoms with E-state index in [2.05, 4.69) is 22.9 Å². The summed E-state index contributed by atoms with van der Waals surface area (Å²) in [5.41, 5.74) is 0. The van der Waals surface area contributed by atoms with Gasteiger partial charge in [-0.3, -0.25) is 9.59 Å². The van der Waals surface area contributed by atoms with E-state index in [0.717, 1.165) is 64.6 Å². The van der Waals surface area contributed by atoms with E-state index >= 15 is 0 Å². The number of rotatable bonds is 9. The molecule has 1 aliphatic heterocycles. The van der Waals surface area contributed by atoms with Crippen LogP contribution in [0.4, 0.5) is 0 Å². The molecule has 0 aromatic heterocycles. The highest BCUT2D eigenvalue weighted by atomic mass is 16.2. The minimum atomic E-state index is -0.363. The van der Waals surface area contributed by atoms with Gasteiger partial charge in [0.25, 0.3) is 0 Å². The number of hydrogen-bond donors (Lipinski definition) is 3. The number of likely N-dealkylation sites (tertiary alicyclic amines) is 1. The first kappa shape index (κ1) is 20.2. The highest BCUT2D eigenvalue weighted by Gasteiger charge is 2.38. The summed E-state index contributed by atoms with van der Waals surface area (Å²) in [7, 11) is 1.77. The Morgan fingerprint density at radius 2 is 1.88 bits per heavy atom. The molecule has 2 amide bonds. The van der Waals surface area contributed by atoms with Gasteiger partial charge in [-0.05, 0) is 58.5 Å². The summed E-state index contributed by atoms with van der Waals surface area (Å²) >= 11 is 0. The van der Waals surface area contributed by atoms with Crippen LogP contribution in [-0.4, -0.2) is 61.5 Å². The Kier molecular flexibility index (Phi) is 8.16. The molecular formula is C19H36N4O2. The maximum atomic E-state index is 13.3. The van der Waals surface area contributed by atoms with Gasteiger partial charge in [0.15, 0.2) is 0 Å². The molecule has 0 unspecified atom stereocenters. The average Bonchev–Trinajstić information content (AvgIpc) is 3.30. The number of carbonyl (C=O) groups is 2. The monoisotopic (exact) mass is 352 g/mol. The van der Waals surface area contributed by atoms with Gasteiger partial charge < -0.3 is 20.9 Å². The second-order valence-electron chi connectivity index (χ2n) is 7.57. The second kappa shape index (κ2) is 10.1. The van der Waals surface area contributed by atoms with E-state index in [1.165, 1.54) is 0 Å². The lowest BCUT2D eigenvalue weighted by Gasteiger charge is -2.32. The van der Waals surface area contributed by atoms with Gasteiger partial charge in [0.2, 0.25) is 11.8 Å². The molecule has 6 heteroatoms. The summed E-state index contributed by atoms with van der Waals surface area (Å²) in [6.45, 7) is 6.65. The third-order valence-electron chi connectivity index (χ3n) is 5.73. The fourth-order valence-electron chi connectivity index (χ4n) is 4.04. The van der Waals surface area contributed by atoms with Crippen LogP contribution in [0.2, 0.25) is 0 Å². The Bertz CT molecular complexity index is 437. The largest absolute Gasteiger partial charge is 0.343 e. The van der Waals surface area contributed by atoms with Crippen molar-refractivity contribution in [2.75, 3.05) is 26.7 Å². The summed E-state index contributed by atoms with van der Waals surface area (Å²) < 4.78 is 0. The lowest BCUT2D eigenvalue weighted by atomic mass is 9.96. The van der Waals surface area contributed by atoms with Crippen LogP contribution < -0.4 is 16.0 Å². The van der Waals surface area contributed by atoms with Gasteiger partial charge in [0.05, 0.1) is 6.04 Å². The first-order chi connectivity index (χ1) is 12.1. The topological polar surface area (TPSA) is 73.5 Å². The SMILES string of the molecule is CCCNC[C@@H]1CCCN1C(=O)[C@@H](NC(=O)[C@H](C)NC)C1CCCC1. The molecule has 3 N–H and O–H groups in total. The molecule has 0 spiro atoms. The molecule has 2 rings (SSSR count). The molecule has 6 nitrogen and oxygen atoms in total. The highest BCUT2D eigenvalue weighted by Crippen LogP contribution is 2.30. The van der Waals surface area contributed by atoms with Crippen LogP contribution in [0.25, 0.3) is 0 Å². The van der Waals surface area contributed by atoms with Crippen molar-refractivity contribution in [3.8, 4) is 0 Å². The van der Waals surface area contributed by atoms with Gasteiger partial charge in [-0.1, -0.05) is 19.8 Å². The summed E-state index contributed by atoms with van der Waals surface area (Å²) in [5.74, 6) is 0.335. The zero-order valence-corrected chi connectivity index (χ0v) is 16.1. The molecule has 25 heavy (non-hydrogen) atoms. The molecule has 3 atom stereocenters. The first-order valence-corrected chi connectivity index (χ1v) is 10.1. The molecule has 1 aliphatic carbocycles. The Morgan fingerprint density at radius 3 is 2.52 bits per heavy atom. The van der Waals surface area contributed by atoms with E-state index in [9.17, 15) is 9.59 Å². The average molecular weight is 353 g/mol. The van der Waals surface area contributed by atoms with E-state index in [4.69, 9.17) is 0 Å². The number of amides is 2. The van der Waals surface area contributed by atoms with Gasteiger partial charge in [-0.2, -0.15) is 0 Å². The highest BCUT2D eigenvalue weighted by molar-refractivity contribution is 5.90. The fraction of sp³-hybridized carbons (Fsp3) is 0.895. The molecule has 0 bridgehead atoms. The maximum absolute atomic E-state index is 13.3. The minimum Gasteiger partial charge on any atom is -0.343 e. The van der Waals surface area contributed by atoms with Crippen molar-refractivity contribution < 1.29 is 9.59 Å². The van der Waals surface area contributed by atoms with E-state index in [0.29, 0.717) is 0 Å². The van der Waals surface area contributed by atoms with Crippen LogP contribution in [0.1, 0.15) is 58.8 Å². The van der Waals surface area contributed by atoms with Gasteiger partial charge in [-0.15, -0.1) is 0 Å². The van der Waals surface area contributed by atoms with Crippen molar-refractivity contribution in [1.29, 1.82) is 0 Å². The number of hydrogen-bond acceptors (Lipinski definition) is 4. The summed E-state index contributed by atoms with van der Waals surface area (Å²) in [6.07, 6.45) is 7.61. The molecular weight excluding hydrogens is 316 g/mol. The fourth-order valence-corrected chi connectivity index (χ4v) is 4.04. The molecule has 0 aromatic rings. The Labute approximate surface area is 152 Å². The van der Waals surface area contributed by atoms with Crippen molar-refractivity contribution >= 4 is 11.8 Å². The standard InChI is InChI=1S/C19H36N4O2/c1-4-11-21-13-16-10-7-12-23(16)19(25)17(15-8-5-6-9-15)22-18(24)14(2)20-3/h14-17,20-21H,4-13H2,1-3H3,(H,22,24)/t14-,16-,17-/m0/s1. The lowest BCUT2D eigenvalue weighted by Crippen LogP contribution is -2.56. The second-order valence-corrected chi connectivity index (χ2v) is 7.57. The summed E-state index contributed by atoms with van der Waals surface area (Å²) in [5, 5.41) is 9.47. The zero-order valence-electron chi connectivity index (χ0n) is 16.1. The molecule has 0 aromatic carbocycles. The number of carbonyl (C=O) groups excluding carboxylic acids is 2. The van der Waals surface area contributed by atoms with Crippen LogP contribution in [-0.2, 0) is 9.59 Å². The normalized spacial score (nSPS) is 23.6. The Balaban J connectivity index is 2.04. The number of likely N-dealkylation sites (N-methyl/N-ethyl adjacent to an activating group) is 1. The molecule has 0 radical (unpaired) electrons. The van der Waals surface area contributed by atoms with Gasteiger partial charge in [-0.25, -0.2) is 0 Å². The number of nitrogens with one attached hydrogen (secondary N) is 3. The smallest absolute Gasteiger partial charge is 0.245 e. The zero-order chi connectivity index (χ0) is 18.2. The van der Waals surface area contributed by atoms with Crippen molar-refractivity contribution in [2.45, 2.75) is 76.9 Å². The van der Waals surface area contributed by atoms with Crippen molar-refractivity contribution in [3.63, 3.8) is 0 Å². The predicted molar refractivity (Wildman–Crippen MR) is 100 cm³/mol. The minimum absolute atomic E-state index is 0.0763. The third-order valence-corrected chi connectivity index (χ3v) is 5.73. The number of nitrogens with zero attached hydrogens (tertiary/aromatic N) is 1. The summed E-state index contributed by atoms with van der Waals surface area (Å²) in [6, 6.07) is -0.378. The molecule has 2 aliphatic rings. The predicted octanol–water partition coefficient (Wildman–Crippen LogP) is 1.26. The first-order valence-electron chi connectivity index (χ1n) is 10.1. The third kappa shape index (κ3) is 5.42. The lowest BCUT2D eigenvalue weighted by molar-refractivity contribution is -0.139. The molecule has 1 heterocycles. The van der Waals surface area contributed by atoms with Gasteiger partial charge in [0.1, 0.15) is 6.04 Å². The van der Waals surface area contributed by atoms with Crippen LogP contribution in [0.5, 0.6) is 0 Å². The van der Waals surface area contributed by atoms with Crippen molar-refractivity contribution in [3.05, 3.63) is 0 Å². The molecule has 2 fully saturated rings. The molecule has 1 saturated heterocycles. The van der Waals surface area contributed by atoms with E-state index in [1.54, 1.807) is 7.05 Å². The quantitative estimate of drug-likeness (QED) is 0.546. The Hall–Kier alpha value is -1.14. The van der Waals surface area contributed by atoms with Crippen molar-refractivity contribution in [1.82, 2.24) is 20.9 Å². The van der Waals surface area contributed by atoms with E-state index < -0.39 is 0 Å². The van der Waals surface area contributed by atoms with Crippen molar-refractivity contribution in [2.24, 2.45) is 5.92 Å². The van der Waals surface area contributed by atoms with Crippen LogP contribution >= 0.6 is 0 Å².